The molecule has 2 aliphatic rings. The van der Waals surface area contributed by atoms with Gasteiger partial charge in [-0.25, -0.2) is 4.79 Å². The Morgan fingerprint density at radius 1 is 1.03 bits per heavy atom. The van der Waals surface area contributed by atoms with Crippen molar-refractivity contribution in [3.8, 4) is 11.5 Å². The number of likely N-dealkylation sites (tertiary alicyclic amines) is 1. The number of aliphatic hydroxyl groups excluding tert-OH is 1. The third-order valence-electron chi connectivity index (χ3n) is 12.3. The van der Waals surface area contributed by atoms with Gasteiger partial charge >= 0.3 is 5.97 Å². The molecule has 7 rings (SSSR count). The summed E-state index contributed by atoms with van der Waals surface area (Å²) in [5, 5.41) is 43.2. The van der Waals surface area contributed by atoms with Crippen molar-refractivity contribution in [3.05, 3.63) is 108 Å². The standard InChI is InChI=1S/C46H54ClN5O9S2/c1-51(42(57)14-18-52-19-15-45(16-20-52)25-30(26-45)61-44(58)46(59,38-7-5-21-62-38)39-8-6-22-63-39)17-4-3-9-40(55)49-34-24-37(60-2)29(23-33(34)47)27-48-28-36(54)31-10-12-35(53)43-32(31)11-13-41(56)50-43/h5-8,10-13,21-24,30,36,48,53-54,59H,3-4,9,14-20,25-28H2,1-2H3,(H,49,55)(H,50,56)/t36-/m0/s1. The number of piperidine rings is 1. The average Bonchev–Trinajstić information content (AvgIpc) is 4.02. The number of amides is 2. The van der Waals surface area contributed by atoms with Crippen LogP contribution >= 0.6 is 34.3 Å². The minimum atomic E-state index is -1.79. The number of unbranched alkanes of at least 4 members (excludes halogenated alkanes) is 1. The van der Waals surface area contributed by atoms with Crippen LogP contribution in [0.1, 0.15) is 78.4 Å². The molecule has 2 amide bonds. The van der Waals surface area contributed by atoms with Crippen LogP contribution in [0.3, 0.4) is 0 Å². The molecule has 4 heterocycles. The van der Waals surface area contributed by atoms with Crippen molar-refractivity contribution in [1.82, 2.24) is 20.1 Å². The highest BCUT2D eigenvalue weighted by Crippen LogP contribution is 2.51. The maximum absolute atomic E-state index is 13.4. The average molecular weight is 921 g/mol. The van der Waals surface area contributed by atoms with E-state index in [4.69, 9.17) is 21.1 Å². The summed E-state index contributed by atoms with van der Waals surface area (Å²) in [4.78, 5) is 58.8. The molecule has 1 spiro atoms. The number of fused-ring (bicyclic) bond motifs is 1. The molecule has 6 N–H and O–H groups in total. The fraction of sp³-hybridized carbons (Fsp3) is 0.435. The molecule has 0 unspecified atom stereocenters. The van der Waals surface area contributed by atoms with Crippen molar-refractivity contribution in [2.24, 2.45) is 5.41 Å². The van der Waals surface area contributed by atoms with E-state index in [9.17, 15) is 34.5 Å². The Bertz CT molecular complexity index is 2390. The molecular weight excluding hydrogens is 866 g/mol. The van der Waals surface area contributed by atoms with Crippen molar-refractivity contribution in [3.63, 3.8) is 0 Å². The lowest BCUT2D eigenvalue weighted by Crippen LogP contribution is -2.52. The van der Waals surface area contributed by atoms with Crippen molar-refractivity contribution in [1.29, 1.82) is 0 Å². The second-order valence-corrected chi connectivity index (χ2v) is 18.9. The predicted molar refractivity (Wildman–Crippen MR) is 244 cm³/mol. The first-order valence-corrected chi connectivity index (χ1v) is 23.3. The van der Waals surface area contributed by atoms with Crippen LogP contribution in [0.25, 0.3) is 10.9 Å². The summed E-state index contributed by atoms with van der Waals surface area (Å²) in [7, 11) is 3.31. The van der Waals surface area contributed by atoms with Crippen LogP contribution in [0.5, 0.6) is 11.5 Å². The Morgan fingerprint density at radius 3 is 2.41 bits per heavy atom. The highest BCUT2D eigenvalue weighted by atomic mass is 35.5. The number of ether oxygens (including phenoxy) is 2. The number of hydrogen-bond acceptors (Lipinski definition) is 13. The summed E-state index contributed by atoms with van der Waals surface area (Å²) in [6.07, 6.45) is 4.27. The van der Waals surface area contributed by atoms with E-state index in [1.165, 1.54) is 41.9 Å². The number of benzene rings is 2. The Kier molecular flexibility index (Phi) is 14.9. The Hall–Kier alpha value is -4.81. The third kappa shape index (κ3) is 10.8. The fourth-order valence-electron chi connectivity index (χ4n) is 8.61. The topological polar surface area (TPSA) is 194 Å². The fourth-order valence-corrected chi connectivity index (χ4v) is 10.6. The van der Waals surface area contributed by atoms with E-state index in [1.807, 2.05) is 22.9 Å². The number of hydrogen-bond donors (Lipinski definition) is 6. The van der Waals surface area contributed by atoms with Crippen molar-refractivity contribution in [2.75, 3.05) is 52.2 Å². The van der Waals surface area contributed by atoms with Crippen molar-refractivity contribution in [2.45, 2.75) is 75.7 Å². The molecule has 2 aromatic carbocycles. The van der Waals surface area contributed by atoms with Crippen molar-refractivity contribution >= 4 is 68.6 Å². The second-order valence-electron chi connectivity index (χ2n) is 16.6. The number of H-pyrrole nitrogens is 1. The Labute approximate surface area is 378 Å². The molecular formula is C46H54ClN5O9S2. The van der Waals surface area contributed by atoms with Crippen LogP contribution in [-0.2, 0) is 31.3 Å². The number of anilines is 1. The maximum atomic E-state index is 13.4. The number of aromatic nitrogens is 1. The zero-order valence-electron chi connectivity index (χ0n) is 35.4. The number of phenols is 1. The number of thiophene rings is 2. The highest BCUT2D eigenvalue weighted by Gasteiger charge is 2.51. The molecule has 1 aliphatic heterocycles. The Morgan fingerprint density at radius 2 is 1.75 bits per heavy atom. The second kappa shape index (κ2) is 20.4. The first-order chi connectivity index (χ1) is 30.3. The zero-order chi connectivity index (χ0) is 44.7. The number of carbonyl (C=O) groups excluding carboxylic acids is 3. The maximum Gasteiger partial charge on any atom is 0.349 e. The zero-order valence-corrected chi connectivity index (χ0v) is 37.8. The molecule has 336 valence electrons. The predicted octanol–water partition coefficient (Wildman–Crippen LogP) is 6.52. The van der Waals surface area contributed by atoms with E-state index in [2.05, 4.69) is 20.5 Å². The number of nitrogens with zero attached hydrogens (tertiary/aromatic N) is 2. The minimum Gasteiger partial charge on any atom is -0.506 e. The lowest BCUT2D eigenvalue weighted by atomic mass is 9.61. The van der Waals surface area contributed by atoms with Gasteiger partial charge in [-0.3, -0.25) is 14.4 Å². The number of esters is 1. The van der Waals surface area contributed by atoms with Gasteiger partial charge in [-0.15, -0.1) is 22.7 Å². The number of rotatable bonds is 19. The number of nitrogens with one attached hydrogen (secondary N) is 3. The molecule has 1 saturated heterocycles. The van der Waals surface area contributed by atoms with Gasteiger partial charge in [0.2, 0.25) is 23.0 Å². The highest BCUT2D eigenvalue weighted by molar-refractivity contribution is 7.12. The molecule has 5 aromatic rings. The first kappa shape index (κ1) is 46.2. The van der Waals surface area contributed by atoms with E-state index < -0.39 is 17.7 Å². The smallest absolute Gasteiger partial charge is 0.349 e. The molecule has 63 heavy (non-hydrogen) atoms. The van der Waals surface area contributed by atoms with Crippen LogP contribution in [-0.4, -0.2) is 101 Å². The van der Waals surface area contributed by atoms with E-state index in [0.717, 1.165) is 38.8 Å². The monoisotopic (exact) mass is 919 g/mol. The minimum absolute atomic E-state index is 0.0636. The van der Waals surface area contributed by atoms with E-state index in [1.54, 1.807) is 48.3 Å². The molecule has 1 atom stereocenters. The molecule has 2 fully saturated rings. The number of aromatic hydroxyl groups is 1. The largest absolute Gasteiger partial charge is 0.506 e. The van der Waals surface area contributed by atoms with E-state index in [0.29, 0.717) is 81.6 Å². The van der Waals surface area contributed by atoms with Crippen molar-refractivity contribution < 1.29 is 39.2 Å². The van der Waals surface area contributed by atoms with Crippen LogP contribution < -0.4 is 20.9 Å². The molecule has 14 nitrogen and oxygen atoms in total. The van der Waals surface area contributed by atoms with Gasteiger partial charge in [0.25, 0.3) is 0 Å². The third-order valence-corrected chi connectivity index (χ3v) is 14.6. The summed E-state index contributed by atoms with van der Waals surface area (Å²) in [5.41, 5.74) is -0.100. The van der Waals surface area contributed by atoms with E-state index in [-0.39, 0.29) is 53.1 Å². The molecule has 1 saturated carbocycles. The Balaban J connectivity index is 0.776. The van der Waals surface area contributed by atoms with Gasteiger partial charge in [-0.05, 0) is 104 Å². The number of carbonyl (C=O) groups is 3. The van der Waals surface area contributed by atoms with Gasteiger partial charge < -0.3 is 50.2 Å². The number of phenolic OH excluding ortho intramolecular Hbond substituents is 1. The van der Waals surface area contributed by atoms with Gasteiger partial charge in [0, 0.05) is 69.2 Å². The van der Waals surface area contributed by atoms with Gasteiger partial charge in [-0.1, -0.05) is 29.8 Å². The molecule has 0 bridgehead atoms. The first-order valence-electron chi connectivity index (χ1n) is 21.2. The normalized spacial score (nSPS) is 15.8. The summed E-state index contributed by atoms with van der Waals surface area (Å²) >= 11 is 9.25. The number of halogens is 1. The van der Waals surface area contributed by atoms with Crippen LogP contribution in [0.15, 0.2) is 76.2 Å². The molecule has 0 radical (unpaired) electrons. The summed E-state index contributed by atoms with van der Waals surface area (Å²) in [5.74, 6) is -0.347. The SMILES string of the molecule is COc1cc(NC(=O)CCCCN(C)C(=O)CCN2CCC3(CC2)CC(OC(=O)C(O)(c2cccs2)c2cccs2)C3)c(Cl)cc1CNC[C@H](O)c1ccc(O)c2[nH]c(=O)ccc12. The quantitative estimate of drug-likeness (QED) is 0.0390. The van der Waals surface area contributed by atoms with Gasteiger partial charge in [0.1, 0.15) is 17.6 Å². The number of methoxy groups -OCH3 is 1. The van der Waals surface area contributed by atoms with Crippen LogP contribution in [0, 0.1) is 5.41 Å². The summed E-state index contributed by atoms with van der Waals surface area (Å²) in [6, 6.07) is 16.5. The lowest BCUT2D eigenvalue weighted by molar-refractivity contribution is -0.181. The number of pyridine rings is 1. The van der Waals surface area contributed by atoms with E-state index >= 15 is 0 Å². The molecule has 1 aliphatic carbocycles. The molecule has 17 heteroatoms. The molecule has 3 aromatic heterocycles. The number of aliphatic hydroxyl groups is 2. The van der Waals surface area contributed by atoms with Gasteiger partial charge in [-0.2, -0.15) is 0 Å². The van der Waals surface area contributed by atoms with Crippen LogP contribution in [0.2, 0.25) is 5.02 Å². The lowest BCUT2D eigenvalue weighted by Gasteiger charge is -2.51. The summed E-state index contributed by atoms with van der Waals surface area (Å²) in [6.45, 7) is 3.43. The number of aromatic amines is 1. The summed E-state index contributed by atoms with van der Waals surface area (Å²) < 4.78 is 11.5. The van der Waals surface area contributed by atoms with Gasteiger partial charge in [0.15, 0.2) is 0 Å². The van der Waals surface area contributed by atoms with Crippen LogP contribution in [0.4, 0.5) is 5.69 Å². The van der Waals surface area contributed by atoms with Gasteiger partial charge in [0.05, 0.1) is 39.2 Å².